The predicted octanol–water partition coefficient (Wildman–Crippen LogP) is -2.18. The number of carbonyl (C=O) groups is 1. The van der Waals surface area contributed by atoms with Crippen LogP contribution in [0.5, 0.6) is 0 Å². The standard InChI is InChI=1S/C7H10N2O4/c10-4-1-9-3-7(11,8-4)6-12-2-5(9)13-6/h5-6,11H,1-3H2,(H,8,10). The first-order chi connectivity index (χ1) is 6.17. The quantitative estimate of drug-likeness (QED) is 0.450. The second-order valence-corrected chi connectivity index (χ2v) is 3.63. The summed E-state index contributed by atoms with van der Waals surface area (Å²) in [5, 5.41) is 12.4. The number of ether oxygens (including phenoxy) is 2. The molecule has 3 fully saturated rings. The molecule has 3 heterocycles. The molecule has 6 heteroatoms. The number of amides is 1. The van der Waals surface area contributed by atoms with Crippen molar-refractivity contribution in [2.75, 3.05) is 19.7 Å². The Bertz CT molecular complexity index is 271. The Morgan fingerprint density at radius 2 is 2.54 bits per heavy atom. The fourth-order valence-corrected chi connectivity index (χ4v) is 2.04. The molecule has 4 atom stereocenters. The molecule has 1 amide bonds. The molecule has 0 aromatic heterocycles. The van der Waals surface area contributed by atoms with Gasteiger partial charge in [0.25, 0.3) is 0 Å². The Morgan fingerprint density at radius 1 is 1.69 bits per heavy atom. The Labute approximate surface area is 74.4 Å². The summed E-state index contributed by atoms with van der Waals surface area (Å²) in [6, 6.07) is 0. The molecule has 72 valence electrons. The second kappa shape index (κ2) is 2.21. The monoisotopic (exact) mass is 186 g/mol. The first kappa shape index (κ1) is 7.69. The average Bonchev–Trinajstić information content (AvgIpc) is 2.46. The van der Waals surface area contributed by atoms with Gasteiger partial charge in [0, 0.05) is 0 Å². The number of carbonyl (C=O) groups excluding carboxylic acids is 1. The molecular formula is C7H10N2O4. The minimum absolute atomic E-state index is 0.170. The molecule has 3 aliphatic rings. The highest BCUT2D eigenvalue weighted by Crippen LogP contribution is 2.31. The summed E-state index contributed by atoms with van der Waals surface area (Å²) in [7, 11) is 0. The summed E-state index contributed by atoms with van der Waals surface area (Å²) in [4.78, 5) is 13.0. The van der Waals surface area contributed by atoms with Crippen LogP contribution in [0.2, 0.25) is 0 Å². The number of nitrogens with zero attached hydrogens (tertiary/aromatic N) is 1. The molecule has 0 saturated carbocycles. The number of piperazine rings is 1. The molecule has 0 radical (unpaired) electrons. The highest BCUT2D eigenvalue weighted by molar-refractivity contribution is 5.79. The summed E-state index contributed by atoms with van der Waals surface area (Å²) in [6.07, 6.45) is -0.880. The largest absolute Gasteiger partial charge is 0.365 e. The van der Waals surface area contributed by atoms with Gasteiger partial charge in [0.15, 0.2) is 0 Å². The number of aliphatic hydroxyl groups is 1. The van der Waals surface area contributed by atoms with Gasteiger partial charge in [0.05, 0.1) is 19.7 Å². The van der Waals surface area contributed by atoms with Crippen LogP contribution in [0.25, 0.3) is 0 Å². The third kappa shape index (κ3) is 0.939. The molecule has 3 rings (SSSR count). The van der Waals surface area contributed by atoms with Crippen LogP contribution in [0, 0.1) is 0 Å². The fraction of sp³-hybridized carbons (Fsp3) is 0.857. The van der Waals surface area contributed by atoms with Crippen LogP contribution in [-0.4, -0.2) is 53.9 Å². The number of nitrogens with one attached hydrogen (secondary N) is 1. The topological polar surface area (TPSA) is 71.0 Å². The third-order valence-electron chi connectivity index (χ3n) is 2.61. The van der Waals surface area contributed by atoms with Crippen molar-refractivity contribution in [3.05, 3.63) is 0 Å². The van der Waals surface area contributed by atoms with E-state index in [0.717, 1.165) is 0 Å². The van der Waals surface area contributed by atoms with E-state index in [9.17, 15) is 9.90 Å². The third-order valence-corrected chi connectivity index (χ3v) is 2.61. The molecule has 6 nitrogen and oxygen atoms in total. The van der Waals surface area contributed by atoms with Gasteiger partial charge in [0.2, 0.25) is 17.9 Å². The second-order valence-electron chi connectivity index (χ2n) is 3.63. The van der Waals surface area contributed by atoms with Gasteiger partial charge in [-0.1, -0.05) is 0 Å². The van der Waals surface area contributed by atoms with Gasteiger partial charge < -0.3 is 19.9 Å². The molecule has 13 heavy (non-hydrogen) atoms. The van der Waals surface area contributed by atoms with Crippen molar-refractivity contribution in [3.8, 4) is 0 Å². The Hall–Kier alpha value is -0.690. The van der Waals surface area contributed by atoms with Gasteiger partial charge in [-0.15, -0.1) is 0 Å². The van der Waals surface area contributed by atoms with E-state index in [2.05, 4.69) is 5.32 Å². The van der Waals surface area contributed by atoms with Gasteiger partial charge in [0.1, 0.15) is 6.23 Å². The number of hydrogen-bond acceptors (Lipinski definition) is 5. The van der Waals surface area contributed by atoms with Crippen LogP contribution in [0.4, 0.5) is 0 Å². The van der Waals surface area contributed by atoms with E-state index in [1.165, 1.54) is 0 Å². The number of fused-ring (bicyclic) bond motifs is 6. The number of rotatable bonds is 0. The highest BCUT2D eigenvalue weighted by Gasteiger charge is 2.55. The molecule has 2 N–H and O–H groups in total. The van der Waals surface area contributed by atoms with Gasteiger partial charge in [-0.05, 0) is 0 Å². The van der Waals surface area contributed by atoms with Crippen LogP contribution in [-0.2, 0) is 14.3 Å². The van der Waals surface area contributed by atoms with Gasteiger partial charge in [-0.3, -0.25) is 9.69 Å². The Morgan fingerprint density at radius 3 is 3.38 bits per heavy atom. The van der Waals surface area contributed by atoms with E-state index in [1.54, 1.807) is 4.90 Å². The summed E-state index contributed by atoms with van der Waals surface area (Å²) in [6.45, 7) is 1.07. The Balaban J connectivity index is 1.97. The predicted molar refractivity (Wildman–Crippen MR) is 39.3 cm³/mol. The van der Waals surface area contributed by atoms with Gasteiger partial charge in [-0.2, -0.15) is 0 Å². The van der Waals surface area contributed by atoms with E-state index >= 15 is 0 Å². The van der Waals surface area contributed by atoms with Crippen LogP contribution >= 0.6 is 0 Å². The molecule has 0 spiro atoms. The molecular weight excluding hydrogens is 176 g/mol. The lowest BCUT2D eigenvalue weighted by Crippen LogP contribution is -2.72. The highest BCUT2D eigenvalue weighted by atomic mass is 16.8. The first-order valence-electron chi connectivity index (χ1n) is 4.22. The SMILES string of the molecule is O=C1CN2CC(O)(N1)C1OCC2O1. The maximum absolute atomic E-state index is 11.2. The maximum Gasteiger partial charge on any atom is 0.236 e. The Kier molecular flexibility index (Phi) is 1.31. The molecule has 0 aromatic rings. The lowest BCUT2D eigenvalue weighted by Gasteiger charge is -2.45. The minimum Gasteiger partial charge on any atom is -0.365 e. The maximum atomic E-state index is 11.2. The van der Waals surface area contributed by atoms with E-state index in [1.807, 2.05) is 0 Å². The minimum atomic E-state index is -1.36. The fourth-order valence-electron chi connectivity index (χ4n) is 2.04. The van der Waals surface area contributed by atoms with Crippen molar-refractivity contribution in [2.24, 2.45) is 0 Å². The van der Waals surface area contributed by atoms with Crippen LogP contribution in [0.3, 0.4) is 0 Å². The van der Waals surface area contributed by atoms with E-state index < -0.39 is 12.0 Å². The lowest BCUT2D eigenvalue weighted by molar-refractivity contribution is -0.262. The summed E-state index contributed by atoms with van der Waals surface area (Å²) < 4.78 is 10.6. The van der Waals surface area contributed by atoms with Gasteiger partial charge >= 0.3 is 0 Å². The average molecular weight is 186 g/mol. The van der Waals surface area contributed by atoms with Gasteiger partial charge in [-0.25, -0.2) is 0 Å². The van der Waals surface area contributed by atoms with Crippen molar-refractivity contribution < 1.29 is 19.4 Å². The molecule has 4 bridgehead atoms. The van der Waals surface area contributed by atoms with Crippen molar-refractivity contribution in [1.82, 2.24) is 10.2 Å². The van der Waals surface area contributed by atoms with E-state index in [-0.39, 0.29) is 18.7 Å². The number of hydrogen-bond donors (Lipinski definition) is 2. The van der Waals surface area contributed by atoms with Crippen molar-refractivity contribution in [1.29, 1.82) is 0 Å². The van der Waals surface area contributed by atoms with E-state index in [0.29, 0.717) is 13.2 Å². The van der Waals surface area contributed by atoms with Crippen LogP contribution in [0.15, 0.2) is 0 Å². The zero-order valence-electron chi connectivity index (χ0n) is 6.90. The summed E-state index contributed by atoms with van der Waals surface area (Å²) in [5.74, 6) is -0.183. The smallest absolute Gasteiger partial charge is 0.236 e. The molecule has 4 unspecified atom stereocenters. The first-order valence-corrected chi connectivity index (χ1v) is 4.22. The van der Waals surface area contributed by atoms with Crippen LogP contribution in [0.1, 0.15) is 0 Å². The zero-order chi connectivity index (χ0) is 9.05. The molecule has 3 aliphatic heterocycles. The summed E-state index contributed by atoms with van der Waals surface area (Å²) in [5.41, 5.74) is -1.36. The molecule has 3 saturated heterocycles. The van der Waals surface area contributed by atoms with Crippen molar-refractivity contribution in [3.63, 3.8) is 0 Å². The zero-order valence-corrected chi connectivity index (χ0v) is 6.90. The summed E-state index contributed by atoms with van der Waals surface area (Å²) >= 11 is 0. The van der Waals surface area contributed by atoms with E-state index in [4.69, 9.17) is 9.47 Å². The normalized spacial score (nSPS) is 53.3. The lowest BCUT2D eigenvalue weighted by atomic mass is 10.1. The molecule has 0 aliphatic carbocycles. The van der Waals surface area contributed by atoms with Crippen molar-refractivity contribution >= 4 is 5.91 Å². The van der Waals surface area contributed by atoms with Crippen LogP contribution < -0.4 is 5.32 Å². The van der Waals surface area contributed by atoms with Crippen molar-refractivity contribution in [2.45, 2.75) is 18.2 Å². The molecule has 0 aromatic carbocycles.